The van der Waals surface area contributed by atoms with Crippen molar-refractivity contribution in [2.45, 2.75) is 19.8 Å². The van der Waals surface area contributed by atoms with Gasteiger partial charge in [0.25, 0.3) is 6.43 Å². The molecule has 1 aliphatic rings. The fraction of sp³-hybridized carbons (Fsp3) is 0.333. The Balaban J connectivity index is 2.04. The van der Waals surface area contributed by atoms with Gasteiger partial charge in [-0.25, -0.2) is 8.78 Å². The van der Waals surface area contributed by atoms with E-state index in [-0.39, 0.29) is 0 Å². The zero-order valence-corrected chi connectivity index (χ0v) is 10.8. The fourth-order valence-electron chi connectivity index (χ4n) is 1.86. The van der Waals surface area contributed by atoms with Crippen LogP contribution in [0.3, 0.4) is 0 Å². The summed E-state index contributed by atoms with van der Waals surface area (Å²) in [5.74, 6) is 0.880. The van der Waals surface area contributed by atoms with E-state index in [1.54, 1.807) is 12.1 Å². The second kappa shape index (κ2) is 5.87. The average molecular weight is 265 g/mol. The molecule has 19 heavy (non-hydrogen) atoms. The zero-order valence-electron chi connectivity index (χ0n) is 10.8. The molecule has 2 nitrogen and oxygen atoms in total. The van der Waals surface area contributed by atoms with Gasteiger partial charge >= 0.3 is 0 Å². The minimum atomic E-state index is -2.45. The summed E-state index contributed by atoms with van der Waals surface area (Å²) >= 11 is 0. The molecule has 1 N–H and O–H groups in total. The summed E-state index contributed by atoms with van der Waals surface area (Å²) in [5.41, 5.74) is 3.00. The monoisotopic (exact) mass is 265 g/mol. The van der Waals surface area contributed by atoms with E-state index in [1.165, 1.54) is 0 Å². The minimum absolute atomic E-state index is 0.428. The van der Waals surface area contributed by atoms with Crippen LogP contribution in [0, 0.1) is 5.92 Å². The predicted octanol–water partition coefficient (Wildman–Crippen LogP) is 3.81. The van der Waals surface area contributed by atoms with E-state index in [9.17, 15) is 8.78 Å². The number of hydrogen-bond donors (Lipinski definition) is 1. The van der Waals surface area contributed by atoms with Crippen LogP contribution in [0.5, 0.6) is 5.75 Å². The number of alkyl halides is 2. The van der Waals surface area contributed by atoms with Gasteiger partial charge in [-0.3, -0.25) is 0 Å². The Morgan fingerprint density at radius 3 is 2.63 bits per heavy atom. The number of nitrogens with one attached hydrogen (secondary N) is 1. The van der Waals surface area contributed by atoms with E-state index >= 15 is 0 Å². The third-order valence-corrected chi connectivity index (χ3v) is 3.11. The highest BCUT2D eigenvalue weighted by molar-refractivity contribution is 5.67. The first-order valence-corrected chi connectivity index (χ1v) is 6.23. The van der Waals surface area contributed by atoms with Gasteiger partial charge in [0.15, 0.2) is 0 Å². The summed E-state index contributed by atoms with van der Waals surface area (Å²) in [5, 5.41) is 3.26. The lowest BCUT2D eigenvalue weighted by molar-refractivity contribution is 0.0819. The normalized spacial score (nSPS) is 19.1. The topological polar surface area (TPSA) is 21.3 Å². The summed E-state index contributed by atoms with van der Waals surface area (Å²) < 4.78 is 29.0. The van der Waals surface area contributed by atoms with Crippen LogP contribution in [0.2, 0.25) is 0 Å². The Hall–Kier alpha value is -1.84. The van der Waals surface area contributed by atoms with Crippen molar-refractivity contribution in [2.75, 3.05) is 6.61 Å². The number of ether oxygens (including phenoxy) is 1. The first kappa shape index (κ1) is 13.6. The number of hydrogen-bond acceptors (Lipinski definition) is 2. The zero-order chi connectivity index (χ0) is 13.8. The summed E-state index contributed by atoms with van der Waals surface area (Å²) in [7, 11) is 0. The van der Waals surface area contributed by atoms with Crippen LogP contribution >= 0.6 is 0 Å². The lowest BCUT2D eigenvalue weighted by Gasteiger charge is -2.23. The number of benzene rings is 1. The standard InChI is InChI=1S/C15H17F2NO/c1-10-3-8-14(18-11(10)2)12-4-6-13(7-5-12)19-9-15(16)17/h4-8,10,15,18H,2-3,9H2,1H3. The fourth-order valence-corrected chi connectivity index (χ4v) is 1.86. The third kappa shape index (κ3) is 3.56. The molecule has 0 saturated heterocycles. The molecule has 1 aromatic carbocycles. The minimum Gasteiger partial charge on any atom is -0.488 e. The lowest BCUT2D eigenvalue weighted by Crippen LogP contribution is -2.20. The Bertz CT molecular complexity index is 479. The number of halogens is 2. The molecule has 102 valence electrons. The van der Waals surface area contributed by atoms with E-state index < -0.39 is 13.0 Å². The van der Waals surface area contributed by atoms with Gasteiger partial charge < -0.3 is 10.1 Å². The molecule has 0 spiro atoms. The van der Waals surface area contributed by atoms with Crippen LogP contribution in [0.1, 0.15) is 18.9 Å². The molecule has 1 aromatic rings. The van der Waals surface area contributed by atoms with Crippen molar-refractivity contribution in [1.29, 1.82) is 0 Å². The first-order chi connectivity index (χ1) is 9.06. The van der Waals surface area contributed by atoms with E-state index in [4.69, 9.17) is 4.74 Å². The van der Waals surface area contributed by atoms with Crippen molar-refractivity contribution in [3.05, 3.63) is 48.2 Å². The maximum Gasteiger partial charge on any atom is 0.272 e. The van der Waals surface area contributed by atoms with Gasteiger partial charge in [-0.15, -0.1) is 0 Å². The molecule has 4 heteroatoms. The van der Waals surface area contributed by atoms with Crippen molar-refractivity contribution in [3.63, 3.8) is 0 Å². The van der Waals surface area contributed by atoms with Gasteiger partial charge in [-0.2, -0.15) is 0 Å². The average Bonchev–Trinajstić information content (AvgIpc) is 2.40. The van der Waals surface area contributed by atoms with Crippen LogP contribution in [0.4, 0.5) is 8.78 Å². The molecule has 0 amide bonds. The van der Waals surface area contributed by atoms with E-state index in [0.717, 1.165) is 23.4 Å². The lowest BCUT2D eigenvalue weighted by atomic mass is 9.97. The van der Waals surface area contributed by atoms with E-state index in [1.807, 2.05) is 12.1 Å². The molecule has 0 aromatic heterocycles. The highest BCUT2D eigenvalue weighted by Gasteiger charge is 2.14. The van der Waals surface area contributed by atoms with Gasteiger partial charge in [0.2, 0.25) is 0 Å². The van der Waals surface area contributed by atoms with Crippen LogP contribution in [0.25, 0.3) is 5.70 Å². The molecule has 0 saturated carbocycles. The van der Waals surface area contributed by atoms with Crippen molar-refractivity contribution in [3.8, 4) is 5.75 Å². The largest absolute Gasteiger partial charge is 0.488 e. The Kier molecular flexibility index (Phi) is 4.20. The van der Waals surface area contributed by atoms with Gasteiger partial charge in [-0.1, -0.05) is 19.6 Å². The summed E-state index contributed by atoms with van der Waals surface area (Å²) in [6, 6.07) is 7.09. The smallest absolute Gasteiger partial charge is 0.272 e. The molecular formula is C15H17F2NO. The van der Waals surface area contributed by atoms with Crippen LogP contribution in [-0.4, -0.2) is 13.0 Å². The number of allylic oxidation sites excluding steroid dienone is 2. The quantitative estimate of drug-likeness (QED) is 0.893. The van der Waals surface area contributed by atoms with Crippen LogP contribution in [0.15, 0.2) is 42.6 Å². The van der Waals surface area contributed by atoms with Crippen LogP contribution < -0.4 is 10.1 Å². The van der Waals surface area contributed by atoms with Crippen LogP contribution in [-0.2, 0) is 0 Å². The summed E-state index contributed by atoms with van der Waals surface area (Å²) in [6.45, 7) is 5.52. The maximum atomic E-state index is 12.0. The Morgan fingerprint density at radius 2 is 2.05 bits per heavy atom. The molecule has 0 fully saturated rings. The molecular weight excluding hydrogens is 248 g/mol. The van der Waals surface area contributed by atoms with Crippen molar-refractivity contribution in [1.82, 2.24) is 5.32 Å². The maximum absolute atomic E-state index is 12.0. The second-order valence-electron chi connectivity index (χ2n) is 4.63. The summed E-state index contributed by atoms with van der Waals surface area (Å²) in [4.78, 5) is 0. The predicted molar refractivity (Wildman–Crippen MR) is 72.0 cm³/mol. The van der Waals surface area contributed by atoms with Gasteiger partial charge in [-0.05, 0) is 42.2 Å². The van der Waals surface area contributed by atoms with Gasteiger partial charge in [0.1, 0.15) is 12.4 Å². The highest BCUT2D eigenvalue weighted by atomic mass is 19.3. The molecule has 1 aliphatic heterocycles. The molecule has 1 heterocycles. The Morgan fingerprint density at radius 1 is 1.37 bits per heavy atom. The van der Waals surface area contributed by atoms with Gasteiger partial charge in [0, 0.05) is 11.4 Å². The van der Waals surface area contributed by atoms with E-state index in [0.29, 0.717) is 11.7 Å². The molecule has 0 aliphatic carbocycles. The second-order valence-corrected chi connectivity index (χ2v) is 4.63. The molecule has 0 bridgehead atoms. The first-order valence-electron chi connectivity index (χ1n) is 6.23. The third-order valence-electron chi connectivity index (χ3n) is 3.11. The molecule has 1 unspecified atom stereocenters. The molecule has 0 radical (unpaired) electrons. The Labute approximate surface area is 111 Å². The summed E-state index contributed by atoms with van der Waals surface area (Å²) in [6.07, 6.45) is 0.617. The highest BCUT2D eigenvalue weighted by Crippen LogP contribution is 2.25. The molecule has 2 rings (SSSR count). The van der Waals surface area contributed by atoms with Crippen molar-refractivity contribution in [2.24, 2.45) is 5.92 Å². The van der Waals surface area contributed by atoms with E-state index in [2.05, 4.69) is 24.9 Å². The number of rotatable bonds is 4. The molecule has 1 atom stereocenters. The van der Waals surface area contributed by atoms with Crippen molar-refractivity contribution >= 4 is 5.70 Å². The van der Waals surface area contributed by atoms with Crippen molar-refractivity contribution < 1.29 is 13.5 Å². The SMILES string of the molecule is C=C1NC(c2ccc(OCC(F)F)cc2)=CCC1C. The van der Waals surface area contributed by atoms with Gasteiger partial charge in [0.05, 0.1) is 0 Å².